The van der Waals surface area contributed by atoms with Crippen LogP contribution in [0.4, 0.5) is 11.5 Å². The standard InChI is InChI=1S/C16H20N4OS/c1-11-15(18-12(2)22-11)16(21)19-14-7-6-13(10-17-14)20-8-4-3-5-9-20/h6-7,10H,3-5,8-9H2,1-2H3,(H,17,19,21). The number of anilines is 2. The molecule has 0 spiro atoms. The fourth-order valence-electron chi connectivity index (χ4n) is 2.71. The van der Waals surface area contributed by atoms with Gasteiger partial charge in [-0.25, -0.2) is 9.97 Å². The van der Waals surface area contributed by atoms with Gasteiger partial charge in [-0.05, 0) is 45.2 Å². The molecule has 2 aromatic heterocycles. The highest BCUT2D eigenvalue weighted by atomic mass is 32.1. The van der Waals surface area contributed by atoms with Crippen LogP contribution in [0.1, 0.15) is 39.6 Å². The van der Waals surface area contributed by atoms with E-state index in [0.29, 0.717) is 11.5 Å². The van der Waals surface area contributed by atoms with Crippen molar-refractivity contribution in [2.45, 2.75) is 33.1 Å². The number of piperidine rings is 1. The minimum atomic E-state index is -0.194. The van der Waals surface area contributed by atoms with Gasteiger partial charge in [-0.2, -0.15) is 0 Å². The lowest BCUT2D eigenvalue weighted by molar-refractivity contribution is 0.102. The van der Waals surface area contributed by atoms with E-state index in [1.165, 1.54) is 30.6 Å². The lowest BCUT2D eigenvalue weighted by Gasteiger charge is -2.28. The Morgan fingerprint density at radius 2 is 2.00 bits per heavy atom. The van der Waals surface area contributed by atoms with E-state index in [-0.39, 0.29) is 5.91 Å². The van der Waals surface area contributed by atoms with Crippen molar-refractivity contribution in [3.8, 4) is 0 Å². The van der Waals surface area contributed by atoms with E-state index in [1.807, 2.05) is 32.2 Å². The van der Waals surface area contributed by atoms with E-state index >= 15 is 0 Å². The van der Waals surface area contributed by atoms with Gasteiger partial charge < -0.3 is 10.2 Å². The molecule has 1 amide bonds. The zero-order valence-electron chi connectivity index (χ0n) is 12.9. The Bertz CT molecular complexity index is 659. The van der Waals surface area contributed by atoms with Crippen LogP contribution in [0.2, 0.25) is 0 Å². The molecule has 0 aliphatic carbocycles. The molecule has 5 nitrogen and oxygen atoms in total. The number of hydrogen-bond acceptors (Lipinski definition) is 5. The van der Waals surface area contributed by atoms with Crippen LogP contribution in [0.15, 0.2) is 18.3 Å². The largest absolute Gasteiger partial charge is 0.370 e. The van der Waals surface area contributed by atoms with Gasteiger partial charge >= 0.3 is 0 Å². The highest BCUT2D eigenvalue weighted by molar-refractivity contribution is 7.11. The molecule has 0 radical (unpaired) electrons. The molecular weight excluding hydrogens is 296 g/mol. The number of nitrogens with zero attached hydrogens (tertiary/aromatic N) is 3. The quantitative estimate of drug-likeness (QED) is 0.943. The number of aromatic nitrogens is 2. The van der Waals surface area contributed by atoms with Crippen molar-refractivity contribution in [2.24, 2.45) is 0 Å². The Kier molecular flexibility index (Phi) is 4.38. The number of aryl methyl sites for hydroxylation is 2. The van der Waals surface area contributed by atoms with Gasteiger partial charge in [0, 0.05) is 18.0 Å². The fourth-order valence-corrected chi connectivity index (χ4v) is 3.53. The van der Waals surface area contributed by atoms with E-state index in [4.69, 9.17) is 0 Å². The number of hydrogen-bond donors (Lipinski definition) is 1. The van der Waals surface area contributed by atoms with Gasteiger partial charge in [0.25, 0.3) is 5.91 Å². The van der Waals surface area contributed by atoms with Gasteiger partial charge in [0.05, 0.1) is 16.9 Å². The monoisotopic (exact) mass is 316 g/mol. The van der Waals surface area contributed by atoms with Gasteiger partial charge in [0.15, 0.2) is 0 Å². The van der Waals surface area contributed by atoms with Crippen molar-refractivity contribution in [3.05, 3.63) is 33.9 Å². The molecule has 116 valence electrons. The first-order valence-corrected chi connectivity index (χ1v) is 8.41. The lowest BCUT2D eigenvalue weighted by Crippen LogP contribution is -2.29. The summed E-state index contributed by atoms with van der Waals surface area (Å²) in [6.07, 6.45) is 5.62. The Morgan fingerprint density at radius 3 is 2.59 bits per heavy atom. The Balaban J connectivity index is 1.68. The van der Waals surface area contributed by atoms with Crippen molar-refractivity contribution >= 4 is 28.7 Å². The average Bonchev–Trinajstić information content (AvgIpc) is 2.88. The van der Waals surface area contributed by atoms with E-state index in [1.54, 1.807) is 0 Å². The molecule has 1 aliphatic heterocycles. The Morgan fingerprint density at radius 1 is 1.23 bits per heavy atom. The van der Waals surface area contributed by atoms with Gasteiger partial charge in [-0.15, -0.1) is 11.3 Å². The number of carbonyl (C=O) groups excluding carboxylic acids is 1. The first-order chi connectivity index (χ1) is 10.6. The molecule has 1 saturated heterocycles. The average molecular weight is 316 g/mol. The molecule has 0 unspecified atom stereocenters. The second kappa shape index (κ2) is 6.44. The molecule has 3 heterocycles. The van der Waals surface area contributed by atoms with Crippen molar-refractivity contribution in [3.63, 3.8) is 0 Å². The van der Waals surface area contributed by atoms with E-state index in [9.17, 15) is 4.79 Å². The third-order valence-corrected chi connectivity index (χ3v) is 4.72. The number of pyridine rings is 1. The molecule has 22 heavy (non-hydrogen) atoms. The number of carbonyl (C=O) groups is 1. The summed E-state index contributed by atoms with van der Waals surface area (Å²) >= 11 is 1.53. The van der Waals surface area contributed by atoms with Crippen molar-refractivity contribution in [1.29, 1.82) is 0 Å². The zero-order valence-corrected chi connectivity index (χ0v) is 13.7. The van der Waals surface area contributed by atoms with Gasteiger partial charge in [-0.1, -0.05) is 0 Å². The smallest absolute Gasteiger partial charge is 0.276 e. The van der Waals surface area contributed by atoms with Crippen molar-refractivity contribution in [1.82, 2.24) is 9.97 Å². The van der Waals surface area contributed by atoms with Crippen LogP contribution < -0.4 is 10.2 Å². The maximum absolute atomic E-state index is 12.2. The minimum absolute atomic E-state index is 0.194. The van der Waals surface area contributed by atoms with Gasteiger partial charge in [0.2, 0.25) is 0 Å². The summed E-state index contributed by atoms with van der Waals surface area (Å²) in [5.74, 6) is 0.371. The molecule has 2 aromatic rings. The summed E-state index contributed by atoms with van der Waals surface area (Å²) < 4.78 is 0. The normalized spacial score (nSPS) is 14.9. The lowest BCUT2D eigenvalue weighted by atomic mass is 10.1. The first kappa shape index (κ1) is 15.0. The third-order valence-electron chi connectivity index (χ3n) is 3.83. The fraction of sp³-hybridized carbons (Fsp3) is 0.438. The molecular formula is C16H20N4OS. The predicted octanol–water partition coefficient (Wildman–Crippen LogP) is 3.40. The summed E-state index contributed by atoms with van der Waals surface area (Å²) in [5.41, 5.74) is 1.61. The zero-order chi connectivity index (χ0) is 15.5. The molecule has 0 atom stereocenters. The van der Waals surface area contributed by atoms with Crippen LogP contribution in [0.25, 0.3) is 0 Å². The maximum atomic E-state index is 12.2. The van der Waals surface area contributed by atoms with Crippen LogP contribution in [0, 0.1) is 13.8 Å². The number of amides is 1. The van der Waals surface area contributed by atoms with Crippen molar-refractivity contribution in [2.75, 3.05) is 23.3 Å². The van der Waals surface area contributed by atoms with E-state index in [0.717, 1.165) is 28.7 Å². The summed E-state index contributed by atoms with van der Waals surface area (Å²) in [4.78, 5) is 24.1. The number of thiazole rings is 1. The highest BCUT2D eigenvalue weighted by Crippen LogP contribution is 2.21. The topological polar surface area (TPSA) is 58.1 Å². The summed E-state index contributed by atoms with van der Waals surface area (Å²) in [6.45, 7) is 5.99. The molecule has 0 bridgehead atoms. The summed E-state index contributed by atoms with van der Waals surface area (Å²) in [5, 5.41) is 3.72. The molecule has 3 rings (SSSR count). The molecule has 1 fully saturated rings. The molecule has 1 N–H and O–H groups in total. The number of rotatable bonds is 3. The van der Waals surface area contributed by atoms with E-state index in [2.05, 4.69) is 20.2 Å². The maximum Gasteiger partial charge on any atom is 0.276 e. The minimum Gasteiger partial charge on any atom is -0.370 e. The van der Waals surface area contributed by atoms with Crippen LogP contribution in [0.5, 0.6) is 0 Å². The van der Waals surface area contributed by atoms with Crippen LogP contribution >= 0.6 is 11.3 Å². The summed E-state index contributed by atoms with van der Waals surface area (Å²) in [6, 6.07) is 3.88. The molecule has 6 heteroatoms. The van der Waals surface area contributed by atoms with Crippen LogP contribution in [-0.2, 0) is 0 Å². The first-order valence-electron chi connectivity index (χ1n) is 7.60. The number of nitrogens with one attached hydrogen (secondary N) is 1. The van der Waals surface area contributed by atoms with Crippen LogP contribution in [-0.4, -0.2) is 29.0 Å². The Hall–Kier alpha value is -1.95. The van der Waals surface area contributed by atoms with E-state index < -0.39 is 0 Å². The van der Waals surface area contributed by atoms with Gasteiger partial charge in [0.1, 0.15) is 11.5 Å². The molecule has 0 saturated carbocycles. The second-order valence-corrected chi connectivity index (χ2v) is 6.95. The van der Waals surface area contributed by atoms with Gasteiger partial charge in [-0.3, -0.25) is 4.79 Å². The Labute approximate surface area is 134 Å². The van der Waals surface area contributed by atoms with Crippen LogP contribution in [0.3, 0.4) is 0 Å². The predicted molar refractivity (Wildman–Crippen MR) is 89.8 cm³/mol. The van der Waals surface area contributed by atoms with Crippen molar-refractivity contribution < 1.29 is 4.79 Å². The summed E-state index contributed by atoms with van der Waals surface area (Å²) in [7, 11) is 0. The third kappa shape index (κ3) is 3.27. The molecule has 0 aromatic carbocycles. The highest BCUT2D eigenvalue weighted by Gasteiger charge is 2.15. The SMILES string of the molecule is Cc1nc(C(=O)Nc2ccc(N3CCCCC3)cn2)c(C)s1. The second-order valence-electron chi connectivity index (χ2n) is 5.54. The molecule has 1 aliphatic rings.